The lowest BCUT2D eigenvalue weighted by Crippen LogP contribution is -2.36. The zero-order valence-electron chi connectivity index (χ0n) is 12.0. The van der Waals surface area contributed by atoms with E-state index in [0.717, 1.165) is 18.5 Å². The van der Waals surface area contributed by atoms with Gasteiger partial charge in [0.25, 0.3) is 0 Å². The number of nitrogens with zero attached hydrogens (tertiary/aromatic N) is 3. The van der Waals surface area contributed by atoms with Crippen molar-refractivity contribution < 1.29 is 9.53 Å². The molecule has 1 amide bonds. The minimum absolute atomic E-state index is 0.0293. The number of carbonyl (C=O) groups is 1. The van der Waals surface area contributed by atoms with Crippen molar-refractivity contribution in [2.24, 2.45) is 7.05 Å². The second-order valence-electron chi connectivity index (χ2n) is 5.95. The quantitative estimate of drug-likeness (QED) is 0.844. The maximum atomic E-state index is 12.2. The molecule has 1 fully saturated rings. The van der Waals surface area contributed by atoms with Gasteiger partial charge in [-0.1, -0.05) is 0 Å². The SMILES string of the molecule is Cn1nc(C2CCCN2C(=O)OC(C)(C)C)cc1N. The maximum Gasteiger partial charge on any atom is 0.410 e. The molecular formula is C13H22N4O2. The van der Waals surface area contributed by atoms with Crippen LogP contribution < -0.4 is 5.73 Å². The van der Waals surface area contributed by atoms with E-state index in [1.54, 1.807) is 16.6 Å². The van der Waals surface area contributed by atoms with Gasteiger partial charge in [0.15, 0.2) is 0 Å². The minimum Gasteiger partial charge on any atom is -0.444 e. The van der Waals surface area contributed by atoms with Crippen LogP contribution in [0.5, 0.6) is 0 Å². The van der Waals surface area contributed by atoms with Crippen LogP contribution in [0.25, 0.3) is 0 Å². The number of nitrogen functional groups attached to an aromatic ring is 1. The molecule has 1 saturated heterocycles. The van der Waals surface area contributed by atoms with Gasteiger partial charge in [0.2, 0.25) is 0 Å². The molecule has 1 atom stereocenters. The zero-order chi connectivity index (χ0) is 14.2. The number of aromatic nitrogens is 2. The van der Waals surface area contributed by atoms with E-state index in [4.69, 9.17) is 10.5 Å². The predicted octanol–water partition coefficient (Wildman–Crippen LogP) is 2.07. The molecule has 1 aromatic heterocycles. The van der Waals surface area contributed by atoms with E-state index in [1.165, 1.54) is 0 Å². The van der Waals surface area contributed by atoms with Crippen LogP contribution in [0, 0.1) is 0 Å². The standard InChI is InChI=1S/C13H22N4O2/c1-13(2,3)19-12(18)17-7-5-6-10(17)9-8-11(14)16(4)15-9/h8,10H,5-7,14H2,1-4H3. The van der Waals surface area contributed by atoms with Crippen molar-refractivity contribution in [2.45, 2.75) is 45.3 Å². The lowest BCUT2D eigenvalue weighted by Gasteiger charge is -2.27. The maximum absolute atomic E-state index is 12.2. The number of ether oxygens (including phenoxy) is 1. The average Bonchev–Trinajstić information content (AvgIpc) is 2.83. The Labute approximate surface area is 113 Å². The molecule has 6 heteroatoms. The van der Waals surface area contributed by atoms with Crippen molar-refractivity contribution in [2.75, 3.05) is 12.3 Å². The van der Waals surface area contributed by atoms with E-state index in [2.05, 4.69) is 5.10 Å². The Bertz CT molecular complexity index is 456. The van der Waals surface area contributed by atoms with Gasteiger partial charge in [-0.05, 0) is 33.6 Å². The minimum atomic E-state index is -0.479. The van der Waals surface area contributed by atoms with Gasteiger partial charge in [-0.2, -0.15) is 5.10 Å². The number of aryl methyl sites for hydroxylation is 1. The summed E-state index contributed by atoms with van der Waals surface area (Å²) in [5.41, 5.74) is 6.15. The van der Waals surface area contributed by atoms with E-state index in [9.17, 15) is 4.79 Å². The second-order valence-corrected chi connectivity index (χ2v) is 5.95. The van der Waals surface area contributed by atoms with Gasteiger partial charge in [-0.15, -0.1) is 0 Å². The summed E-state index contributed by atoms with van der Waals surface area (Å²) in [7, 11) is 1.80. The van der Waals surface area contributed by atoms with Crippen molar-refractivity contribution in [1.29, 1.82) is 0 Å². The Morgan fingerprint density at radius 2 is 2.21 bits per heavy atom. The molecule has 19 heavy (non-hydrogen) atoms. The van der Waals surface area contributed by atoms with Crippen LogP contribution in [-0.4, -0.2) is 32.9 Å². The first kappa shape index (κ1) is 13.7. The number of rotatable bonds is 1. The molecule has 1 aromatic rings. The van der Waals surface area contributed by atoms with Crippen LogP contribution in [0.1, 0.15) is 45.3 Å². The number of hydrogen-bond acceptors (Lipinski definition) is 4. The molecule has 1 aliphatic rings. The van der Waals surface area contributed by atoms with Crippen LogP contribution >= 0.6 is 0 Å². The molecule has 0 bridgehead atoms. The smallest absolute Gasteiger partial charge is 0.410 e. The molecule has 2 heterocycles. The summed E-state index contributed by atoms with van der Waals surface area (Å²) in [6.07, 6.45) is 1.58. The Balaban J connectivity index is 2.15. The van der Waals surface area contributed by atoms with Gasteiger partial charge in [-0.25, -0.2) is 4.79 Å². The summed E-state index contributed by atoms with van der Waals surface area (Å²) in [6, 6.07) is 1.80. The molecule has 0 aliphatic carbocycles. The average molecular weight is 266 g/mol. The van der Waals surface area contributed by atoms with Crippen molar-refractivity contribution in [3.63, 3.8) is 0 Å². The van der Waals surface area contributed by atoms with Crippen LogP contribution in [0.15, 0.2) is 6.07 Å². The summed E-state index contributed by atoms with van der Waals surface area (Å²) < 4.78 is 7.06. The van der Waals surface area contributed by atoms with Crippen molar-refractivity contribution in [3.05, 3.63) is 11.8 Å². The number of amides is 1. The van der Waals surface area contributed by atoms with Crippen LogP contribution in [0.2, 0.25) is 0 Å². The summed E-state index contributed by atoms with van der Waals surface area (Å²) in [6.45, 7) is 6.31. The molecule has 2 rings (SSSR count). The van der Waals surface area contributed by atoms with E-state index < -0.39 is 5.60 Å². The van der Waals surface area contributed by atoms with Gasteiger partial charge in [0.05, 0.1) is 11.7 Å². The van der Waals surface area contributed by atoms with Crippen molar-refractivity contribution in [3.8, 4) is 0 Å². The number of carbonyl (C=O) groups excluding carboxylic acids is 1. The van der Waals surface area contributed by atoms with Gasteiger partial charge in [0, 0.05) is 19.7 Å². The van der Waals surface area contributed by atoms with Gasteiger partial charge < -0.3 is 10.5 Å². The lowest BCUT2D eigenvalue weighted by atomic mass is 10.1. The summed E-state index contributed by atoms with van der Waals surface area (Å²) in [5.74, 6) is 0.603. The Morgan fingerprint density at radius 1 is 1.53 bits per heavy atom. The highest BCUT2D eigenvalue weighted by molar-refractivity contribution is 5.69. The fourth-order valence-corrected chi connectivity index (χ4v) is 2.28. The van der Waals surface area contributed by atoms with Crippen LogP contribution in [0.3, 0.4) is 0 Å². The third kappa shape index (κ3) is 3.00. The largest absolute Gasteiger partial charge is 0.444 e. The predicted molar refractivity (Wildman–Crippen MR) is 72.5 cm³/mol. The first-order valence-corrected chi connectivity index (χ1v) is 6.57. The molecule has 1 aliphatic heterocycles. The molecule has 6 nitrogen and oxygen atoms in total. The van der Waals surface area contributed by atoms with E-state index >= 15 is 0 Å². The fraction of sp³-hybridized carbons (Fsp3) is 0.692. The summed E-state index contributed by atoms with van der Waals surface area (Å²) in [5, 5.41) is 4.36. The molecule has 0 aromatic carbocycles. The highest BCUT2D eigenvalue weighted by Gasteiger charge is 2.34. The Morgan fingerprint density at radius 3 is 2.74 bits per heavy atom. The van der Waals surface area contributed by atoms with Crippen LogP contribution in [0.4, 0.5) is 10.6 Å². The van der Waals surface area contributed by atoms with E-state index in [-0.39, 0.29) is 12.1 Å². The third-order valence-corrected chi connectivity index (χ3v) is 3.16. The molecule has 0 spiro atoms. The summed E-state index contributed by atoms with van der Waals surface area (Å²) in [4.78, 5) is 13.9. The third-order valence-electron chi connectivity index (χ3n) is 3.16. The Kier molecular flexibility index (Phi) is 3.43. The molecule has 106 valence electrons. The van der Waals surface area contributed by atoms with Crippen molar-refractivity contribution in [1.82, 2.24) is 14.7 Å². The van der Waals surface area contributed by atoms with Gasteiger partial charge in [0.1, 0.15) is 11.4 Å². The van der Waals surface area contributed by atoms with E-state index in [0.29, 0.717) is 12.4 Å². The molecule has 1 unspecified atom stereocenters. The van der Waals surface area contributed by atoms with E-state index in [1.807, 2.05) is 26.8 Å². The molecule has 0 radical (unpaired) electrons. The van der Waals surface area contributed by atoms with Gasteiger partial charge >= 0.3 is 6.09 Å². The zero-order valence-corrected chi connectivity index (χ0v) is 12.0. The highest BCUT2D eigenvalue weighted by Crippen LogP contribution is 2.32. The molecule has 2 N–H and O–H groups in total. The highest BCUT2D eigenvalue weighted by atomic mass is 16.6. The normalized spacial score (nSPS) is 19.8. The number of anilines is 1. The fourth-order valence-electron chi connectivity index (χ4n) is 2.28. The lowest BCUT2D eigenvalue weighted by molar-refractivity contribution is 0.0221. The Hall–Kier alpha value is -1.72. The second kappa shape index (κ2) is 4.75. The monoisotopic (exact) mass is 266 g/mol. The van der Waals surface area contributed by atoms with Gasteiger partial charge in [-0.3, -0.25) is 9.58 Å². The molecule has 0 saturated carbocycles. The van der Waals surface area contributed by atoms with Crippen LogP contribution in [-0.2, 0) is 11.8 Å². The first-order valence-electron chi connectivity index (χ1n) is 6.57. The number of likely N-dealkylation sites (tertiary alicyclic amines) is 1. The number of nitrogens with two attached hydrogens (primary N) is 1. The topological polar surface area (TPSA) is 73.4 Å². The first-order chi connectivity index (χ1) is 8.78. The summed E-state index contributed by atoms with van der Waals surface area (Å²) >= 11 is 0. The molecular weight excluding hydrogens is 244 g/mol. The number of hydrogen-bond donors (Lipinski definition) is 1. The van der Waals surface area contributed by atoms with Crippen molar-refractivity contribution >= 4 is 11.9 Å².